The first-order valence-corrected chi connectivity index (χ1v) is 10.7. The Bertz CT molecular complexity index is 1370. The van der Waals surface area contributed by atoms with E-state index < -0.39 is 22.5 Å². The first kappa shape index (κ1) is 22.3. The van der Waals surface area contributed by atoms with Crippen LogP contribution in [0.15, 0.2) is 64.1 Å². The minimum atomic E-state index is -0.668. The second-order valence-electron chi connectivity index (χ2n) is 8.23. The number of hydrogen-bond donors (Lipinski definition) is 0. The van der Waals surface area contributed by atoms with Gasteiger partial charge in [0.15, 0.2) is 5.76 Å². The summed E-state index contributed by atoms with van der Waals surface area (Å²) in [5, 5.41) is 16.3. The van der Waals surface area contributed by atoms with Gasteiger partial charge in [0.1, 0.15) is 10.7 Å². The molecule has 0 unspecified atom stereocenters. The number of nitro groups is 1. The summed E-state index contributed by atoms with van der Waals surface area (Å²) in [5.74, 6) is -1.23. The van der Waals surface area contributed by atoms with Crippen LogP contribution in [0.5, 0.6) is 0 Å². The molecular formula is C23H19FN4O4S. The van der Waals surface area contributed by atoms with Gasteiger partial charge in [0.2, 0.25) is 5.13 Å². The van der Waals surface area contributed by atoms with Gasteiger partial charge in [-0.25, -0.2) is 9.37 Å². The Morgan fingerprint density at radius 1 is 1.18 bits per heavy atom. The van der Waals surface area contributed by atoms with Crippen LogP contribution in [0.25, 0.3) is 10.2 Å². The van der Waals surface area contributed by atoms with E-state index in [9.17, 15) is 19.3 Å². The summed E-state index contributed by atoms with van der Waals surface area (Å²) < 4.78 is 19.3. The van der Waals surface area contributed by atoms with Crippen LogP contribution in [0.4, 0.5) is 15.4 Å². The maximum absolute atomic E-state index is 13.6. The van der Waals surface area contributed by atoms with Crippen molar-refractivity contribution in [3.05, 3.63) is 87.4 Å². The predicted octanol–water partition coefficient (Wildman–Crippen LogP) is 5.92. The monoisotopic (exact) mass is 466 g/mol. The number of fused-ring (bicyclic) bond motifs is 1. The van der Waals surface area contributed by atoms with Crippen LogP contribution in [-0.2, 0) is 5.41 Å². The molecular weight excluding hydrogens is 447 g/mol. The van der Waals surface area contributed by atoms with Gasteiger partial charge in [-0.2, -0.15) is 10.1 Å². The highest BCUT2D eigenvalue weighted by molar-refractivity contribution is 7.22. The third kappa shape index (κ3) is 4.80. The first-order valence-electron chi connectivity index (χ1n) is 9.91. The number of hydrazone groups is 1. The maximum atomic E-state index is 13.6. The number of carbonyl (C=O) groups excluding carboxylic acids is 1. The fourth-order valence-electron chi connectivity index (χ4n) is 3.03. The molecule has 33 heavy (non-hydrogen) atoms. The third-order valence-electron chi connectivity index (χ3n) is 4.80. The van der Waals surface area contributed by atoms with Gasteiger partial charge >= 0.3 is 5.88 Å². The molecule has 2 heterocycles. The fraction of sp³-hybridized carbons (Fsp3) is 0.174. The number of carbonyl (C=O) groups is 1. The molecule has 0 N–H and O–H groups in total. The van der Waals surface area contributed by atoms with Crippen molar-refractivity contribution in [1.82, 2.24) is 4.98 Å². The lowest BCUT2D eigenvalue weighted by atomic mass is 9.87. The summed E-state index contributed by atoms with van der Waals surface area (Å²) in [4.78, 5) is 27.9. The molecule has 168 valence electrons. The molecule has 0 spiro atoms. The van der Waals surface area contributed by atoms with E-state index in [0.29, 0.717) is 15.8 Å². The molecule has 2 aromatic heterocycles. The lowest BCUT2D eigenvalue weighted by Crippen LogP contribution is -2.25. The van der Waals surface area contributed by atoms with Gasteiger partial charge in [-0.05, 0) is 47.4 Å². The van der Waals surface area contributed by atoms with Crippen LogP contribution in [0.3, 0.4) is 0 Å². The molecule has 0 radical (unpaired) electrons. The molecule has 4 aromatic rings. The van der Waals surface area contributed by atoms with Crippen molar-refractivity contribution >= 4 is 44.7 Å². The van der Waals surface area contributed by atoms with Gasteiger partial charge in [0.25, 0.3) is 5.91 Å². The first-order chi connectivity index (χ1) is 15.6. The quantitative estimate of drug-likeness (QED) is 0.207. The summed E-state index contributed by atoms with van der Waals surface area (Å²) in [6.07, 6.45) is 1.20. The molecule has 10 heteroatoms. The predicted molar refractivity (Wildman–Crippen MR) is 124 cm³/mol. The second-order valence-corrected chi connectivity index (χ2v) is 9.24. The Balaban J connectivity index is 1.73. The number of benzene rings is 2. The smallest absolute Gasteiger partial charge is 0.400 e. The Hall–Kier alpha value is -3.92. The van der Waals surface area contributed by atoms with Gasteiger partial charge in [-0.1, -0.05) is 44.2 Å². The zero-order chi connectivity index (χ0) is 23.8. The Kier molecular flexibility index (Phi) is 5.77. The summed E-state index contributed by atoms with van der Waals surface area (Å²) in [7, 11) is 0. The van der Waals surface area contributed by atoms with Crippen LogP contribution in [0.1, 0.15) is 42.5 Å². The molecule has 2 aromatic carbocycles. The number of amides is 1. The van der Waals surface area contributed by atoms with Crippen molar-refractivity contribution in [3.63, 3.8) is 0 Å². The van der Waals surface area contributed by atoms with Crippen LogP contribution in [0.2, 0.25) is 0 Å². The third-order valence-corrected chi connectivity index (χ3v) is 5.80. The highest BCUT2D eigenvalue weighted by atomic mass is 32.1. The van der Waals surface area contributed by atoms with E-state index in [-0.39, 0.29) is 16.3 Å². The zero-order valence-corrected chi connectivity index (χ0v) is 18.8. The van der Waals surface area contributed by atoms with Crippen LogP contribution >= 0.6 is 11.3 Å². The number of aromatic nitrogens is 1. The van der Waals surface area contributed by atoms with E-state index in [2.05, 4.69) is 30.9 Å². The summed E-state index contributed by atoms with van der Waals surface area (Å²) in [6.45, 7) is 6.22. The number of furan rings is 1. The Morgan fingerprint density at radius 2 is 1.91 bits per heavy atom. The molecule has 0 bridgehead atoms. The lowest BCUT2D eigenvalue weighted by molar-refractivity contribution is -0.402. The van der Waals surface area contributed by atoms with Crippen molar-refractivity contribution in [2.45, 2.75) is 26.2 Å². The average Bonchev–Trinajstić information content (AvgIpc) is 3.40. The summed E-state index contributed by atoms with van der Waals surface area (Å²) in [5.41, 5.74) is 1.87. The number of hydrogen-bond acceptors (Lipinski definition) is 7. The second kappa shape index (κ2) is 8.55. The SMILES string of the molecule is CC(C)(C)c1ccc(C(=O)N(/N=C/c2ccc([N+](=O)[O-])o2)c2nc3ccc(F)cc3s2)cc1. The minimum Gasteiger partial charge on any atom is -0.400 e. The van der Waals surface area contributed by atoms with E-state index in [1.165, 1.54) is 36.5 Å². The number of nitrogens with zero attached hydrogens (tertiary/aromatic N) is 4. The molecule has 0 aliphatic rings. The van der Waals surface area contributed by atoms with Crippen molar-refractivity contribution in [2.24, 2.45) is 5.10 Å². The van der Waals surface area contributed by atoms with Crippen molar-refractivity contribution in [2.75, 3.05) is 5.01 Å². The van der Waals surface area contributed by atoms with E-state index in [0.717, 1.165) is 21.9 Å². The molecule has 0 aliphatic carbocycles. The lowest BCUT2D eigenvalue weighted by Gasteiger charge is -2.19. The van der Waals surface area contributed by atoms with Crippen LogP contribution in [-0.4, -0.2) is 22.0 Å². The van der Waals surface area contributed by atoms with Crippen molar-refractivity contribution in [1.29, 1.82) is 0 Å². The zero-order valence-electron chi connectivity index (χ0n) is 18.0. The summed E-state index contributed by atoms with van der Waals surface area (Å²) in [6, 6.07) is 13.9. The largest absolute Gasteiger partial charge is 0.433 e. The molecule has 4 rings (SSSR count). The molecule has 0 atom stereocenters. The topological polar surface area (TPSA) is 102 Å². The minimum absolute atomic E-state index is 0.0788. The molecule has 1 amide bonds. The number of rotatable bonds is 5. The van der Waals surface area contributed by atoms with E-state index in [4.69, 9.17) is 4.42 Å². The Morgan fingerprint density at radius 3 is 2.55 bits per heavy atom. The Labute approximate surface area is 192 Å². The van der Waals surface area contributed by atoms with Gasteiger partial charge in [0, 0.05) is 5.56 Å². The van der Waals surface area contributed by atoms with Crippen molar-refractivity contribution < 1.29 is 18.5 Å². The van der Waals surface area contributed by atoms with Crippen molar-refractivity contribution in [3.8, 4) is 0 Å². The normalized spacial score (nSPS) is 11.9. The molecule has 0 aliphatic heterocycles. The highest BCUT2D eigenvalue weighted by Gasteiger charge is 2.23. The average molecular weight is 466 g/mol. The van der Waals surface area contributed by atoms with Gasteiger partial charge < -0.3 is 4.42 Å². The van der Waals surface area contributed by atoms with E-state index in [1.807, 2.05) is 12.1 Å². The van der Waals surface area contributed by atoms with Gasteiger partial charge in [-0.15, -0.1) is 0 Å². The fourth-order valence-corrected chi connectivity index (χ4v) is 3.97. The standard InChI is InChI=1S/C23H19FN4O4S/c1-23(2,3)15-6-4-14(5-7-15)21(29)27(25-13-17-9-11-20(32-17)28(30)31)22-26-18-10-8-16(24)12-19(18)33-22/h4-13H,1-3H3/b25-13+. The van der Waals surface area contributed by atoms with E-state index in [1.54, 1.807) is 12.1 Å². The molecule has 0 fully saturated rings. The molecule has 0 saturated carbocycles. The number of thiazole rings is 1. The molecule has 0 saturated heterocycles. The number of anilines is 1. The van der Waals surface area contributed by atoms with E-state index >= 15 is 0 Å². The van der Waals surface area contributed by atoms with Gasteiger partial charge in [0.05, 0.1) is 22.5 Å². The highest BCUT2D eigenvalue weighted by Crippen LogP contribution is 2.31. The summed E-state index contributed by atoms with van der Waals surface area (Å²) >= 11 is 1.10. The van der Waals surface area contributed by atoms with Crippen LogP contribution in [0, 0.1) is 15.9 Å². The van der Waals surface area contributed by atoms with Crippen LogP contribution < -0.4 is 5.01 Å². The maximum Gasteiger partial charge on any atom is 0.433 e. The number of halogens is 1. The molecule has 8 nitrogen and oxygen atoms in total. The van der Waals surface area contributed by atoms with Gasteiger partial charge in [-0.3, -0.25) is 14.9 Å².